The van der Waals surface area contributed by atoms with Crippen LogP contribution in [0.3, 0.4) is 0 Å². The van der Waals surface area contributed by atoms with Gasteiger partial charge in [0.25, 0.3) is 10.0 Å². The van der Waals surface area contributed by atoms with Gasteiger partial charge in [0.05, 0.1) is 10.6 Å². The van der Waals surface area contributed by atoms with Crippen LogP contribution in [0, 0.1) is 13.8 Å². The van der Waals surface area contributed by atoms with Crippen molar-refractivity contribution < 1.29 is 18.0 Å². The normalized spacial score (nSPS) is 14.5. The Morgan fingerprint density at radius 1 is 0.951 bits per heavy atom. The van der Waals surface area contributed by atoms with E-state index < -0.39 is 28.5 Å². The molecule has 0 radical (unpaired) electrons. The number of carbonyl (C=O) groups excluding carboxylic acids is 2. The molecule has 0 saturated heterocycles. The molecule has 10 heteroatoms. The highest BCUT2D eigenvalue weighted by Gasteiger charge is 2.33. The Hall–Kier alpha value is -3.07. The van der Waals surface area contributed by atoms with Gasteiger partial charge in [-0.25, -0.2) is 8.42 Å². The van der Waals surface area contributed by atoms with Crippen molar-refractivity contribution in [2.24, 2.45) is 0 Å². The highest BCUT2D eigenvalue weighted by atomic mass is 35.5. The fraction of sp³-hybridized carbons (Fsp3) is 0.355. The number of aryl methyl sites for hydroxylation is 2. The van der Waals surface area contributed by atoms with E-state index in [0.29, 0.717) is 21.3 Å². The molecule has 0 spiro atoms. The molecule has 3 aromatic rings. The standard InChI is InChI=1S/C31H35Cl2N3O4S/c1-21-12-15-27(18-22(21)2)36(41(39,40)28-16-13-25(32)14-17-28)20-30(37)35(19-24-8-4-7-11-29(24)33)23(3)31(38)34-26-9-5-6-10-26/h4,7-8,11-18,23,26H,5-6,9-10,19-20H2,1-3H3,(H,34,38)/t23-/m1/s1. The lowest BCUT2D eigenvalue weighted by atomic mass is 10.1. The third-order valence-corrected chi connectivity index (χ3v) is 10.0. The molecule has 218 valence electrons. The topological polar surface area (TPSA) is 86.8 Å². The number of carbonyl (C=O) groups is 2. The van der Waals surface area contributed by atoms with Crippen molar-refractivity contribution in [3.05, 3.63) is 93.5 Å². The zero-order valence-electron chi connectivity index (χ0n) is 23.4. The Labute approximate surface area is 252 Å². The Morgan fingerprint density at radius 2 is 1.61 bits per heavy atom. The van der Waals surface area contributed by atoms with Crippen LogP contribution in [0.5, 0.6) is 0 Å². The predicted molar refractivity (Wildman–Crippen MR) is 164 cm³/mol. The molecule has 41 heavy (non-hydrogen) atoms. The summed E-state index contributed by atoms with van der Waals surface area (Å²) in [5.41, 5.74) is 2.86. The van der Waals surface area contributed by atoms with Gasteiger partial charge in [-0.3, -0.25) is 13.9 Å². The molecule has 3 aromatic carbocycles. The largest absolute Gasteiger partial charge is 0.352 e. The van der Waals surface area contributed by atoms with Crippen LogP contribution < -0.4 is 9.62 Å². The van der Waals surface area contributed by atoms with E-state index in [2.05, 4.69) is 5.32 Å². The van der Waals surface area contributed by atoms with Crippen molar-refractivity contribution in [3.63, 3.8) is 0 Å². The summed E-state index contributed by atoms with van der Waals surface area (Å²) in [6.45, 7) is 5.00. The molecule has 0 aliphatic heterocycles. The lowest BCUT2D eigenvalue weighted by Crippen LogP contribution is -2.52. The SMILES string of the molecule is Cc1ccc(N(CC(=O)N(Cc2ccccc2Cl)[C@H](C)C(=O)NC2CCCC2)S(=O)(=O)c2ccc(Cl)cc2)cc1C. The van der Waals surface area contributed by atoms with Crippen molar-refractivity contribution in [2.45, 2.75) is 70.0 Å². The summed E-state index contributed by atoms with van der Waals surface area (Å²) < 4.78 is 29.0. The van der Waals surface area contributed by atoms with Crippen LogP contribution in [0.4, 0.5) is 5.69 Å². The first kappa shape index (κ1) is 30.9. The van der Waals surface area contributed by atoms with E-state index in [9.17, 15) is 18.0 Å². The van der Waals surface area contributed by atoms with Gasteiger partial charge in [-0.1, -0.05) is 60.3 Å². The Bertz CT molecular complexity index is 1510. The fourth-order valence-corrected chi connectivity index (χ4v) is 6.66. The summed E-state index contributed by atoms with van der Waals surface area (Å²) in [5, 5.41) is 3.91. The average molecular weight is 617 g/mol. The molecule has 1 atom stereocenters. The summed E-state index contributed by atoms with van der Waals surface area (Å²) in [7, 11) is -4.17. The van der Waals surface area contributed by atoms with Gasteiger partial charge in [-0.15, -0.1) is 0 Å². The van der Waals surface area contributed by atoms with Gasteiger partial charge in [0, 0.05) is 22.6 Å². The van der Waals surface area contributed by atoms with Crippen LogP contribution in [0.2, 0.25) is 10.0 Å². The van der Waals surface area contributed by atoms with Crippen LogP contribution in [0.1, 0.15) is 49.3 Å². The van der Waals surface area contributed by atoms with E-state index in [1.54, 1.807) is 43.3 Å². The minimum Gasteiger partial charge on any atom is -0.352 e. The lowest BCUT2D eigenvalue weighted by molar-refractivity contribution is -0.139. The molecule has 0 unspecified atom stereocenters. The molecule has 7 nitrogen and oxygen atoms in total. The second-order valence-corrected chi connectivity index (χ2v) is 13.2. The van der Waals surface area contributed by atoms with Gasteiger partial charge in [0.2, 0.25) is 11.8 Å². The molecule has 0 aromatic heterocycles. The molecule has 2 amide bonds. The summed E-state index contributed by atoms with van der Waals surface area (Å²) in [4.78, 5) is 28.8. The Balaban J connectivity index is 1.71. The number of amides is 2. The summed E-state index contributed by atoms with van der Waals surface area (Å²) in [6, 6.07) is 17.4. The first-order chi connectivity index (χ1) is 19.5. The molecule has 1 N–H and O–H groups in total. The predicted octanol–water partition coefficient (Wildman–Crippen LogP) is 6.28. The molecule has 0 bridgehead atoms. The van der Waals surface area contributed by atoms with Crippen molar-refractivity contribution in [2.75, 3.05) is 10.8 Å². The van der Waals surface area contributed by atoms with Gasteiger partial charge in [0.1, 0.15) is 12.6 Å². The second kappa shape index (κ2) is 13.3. The number of sulfonamides is 1. The zero-order valence-corrected chi connectivity index (χ0v) is 25.8. The van der Waals surface area contributed by atoms with E-state index in [0.717, 1.165) is 41.1 Å². The van der Waals surface area contributed by atoms with Crippen LogP contribution in [-0.2, 0) is 26.2 Å². The van der Waals surface area contributed by atoms with Crippen LogP contribution in [0.15, 0.2) is 71.6 Å². The Morgan fingerprint density at radius 3 is 2.24 bits per heavy atom. The van der Waals surface area contributed by atoms with Gasteiger partial charge < -0.3 is 10.2 Å². The van der Waals surface area contributed by atoms with Crippen LogP contribution in [0.25, 0.3) is 0 Å². The van der Waals surface area contributed by atoms with Gasteiger partial charge >= 0.3 is 0 Å². The molecule has 1 saturated carbocycles. The summed E-state index contributed by atoms with van der Waals surface area (Å²) in [6.07, 6.45) is 3.90. The number of hydrogen-bond donors (Lipinski definition) is 1. The third kappa shape index (κ3) is 7.42. The van der Waals surface area contributed by atoms with Crippen molar-refractivity contribution in [1.82, 2.24) is 10.2 Å². The monoisotopic (exact) mass is 615 g/mol. The lowest BCUT2D eigenvalue weighted by Gasteiger charge is -2.32. The fourth-order valence-electron chi connectivity index (χ4n) is 4.93. The first-order valence-electron chi connectivity index (χ1n) is 13.7. The highest BCUT2D eigenvalue weighted by Crippen LogP contribution is 2.28. The number of anilines is 1. The van der Waals surface area contributed by atoms with E-state index >= 15 is 0 Å². The van der Waals surface area contributed by atoms with Gasteiger partial charge in [-0.2, -0.15) is 0 Å². The van der Waals surface area contributed by atoms with E-state index in [4.69, 9.17) is 23.2 Å². The number of nitrogens with one attached hydrogen (secondary N) is 1. The molecule has 1 fully saturated rings. The molecule has 1 aliphatic rings. The molecular weight excluding hydrogens is 581 g/mol. The highest BCUT2D eigenvalue weighted by molar-refractivity contribution is 7.92. The molecule has 4 rings (SSSR count). The quantitative estimate of drug-likeness (QED) is 0.291. The summed E-state index contributed by atoms with van der Waals surface area (Å²) >= 11 is 12.5. The van der Waals surface area contributed by atoms with Crippen LogP contribution in [-0.4, -0.2) is 43.8 Å². The van der Waals surface area contributed by atoms with E-state index in [-0.39, 0.29) is 23.4 Å². The zero-order chi connectivity index (χ0) is 29.7. The minimum atomic E-state index is -4.17. The minimum absolute atomic E-state index is 0.00222. The maximum Gasteiger partial charge on any atom is 0.264 e. The van der Waals surface area contributed by atoms with Gasteiger partial charge in [-0.05, 0) is 92.8 Å². The number of benzene rings is 3. The van der Waals surface area contributed by atoms with Crippen molar-refractivity contribution in [1.29, 1.82) is 0 Å². The maximum atomic E-state index is 14.1. The molecular formula is C31H35Cl2N3O4S. The summed E-state index contributed by atoms with van der Waals surface area (Å²) in [5.74, 6) is -0.814. The number of hydrogen-bond acceptors (Lipinski definition) is 4. The third-order valence-electron chi connectivity index (χ3n) is 7.63. The smallest absolute Gasteiger partial charge is 0.264 e. The molecule has 0 heterocycles. The van der Waals surface area contributed by atoms with Crippen molar-refractivity contribution >= 4 is 50.7 Å². The van der Waals surface area contributed by atoms with Crippen molar-refractivity contribution in [3.8, 4) is 0 Å². The molecule has 1 aliphatic carbocycles. The first-order valence-corrected chi connectivity index (χ1v) is 15.9. The van der Waals surface area contributed by atoms with E-state index in [1.165, 1.54) is 29.2 Å². The number of nitrogens with zero attached hydrogens (tertiary/aromatic N) is 2. The van der Waals surface area contributed by atoms with Crippen LogP contribution >= 0.6 is 23.2 Å². The maximum absolute atomic E-state index is 14.1. The number of rotatable bonds is 10. The number of halogens is 2. The Kier molecular flexibility index (Phi) is 10.00. The average Bonchev–Trinajstić information content (AvgIpc) is 3.45. The van der Waals surface area contributed by atoms with Gasteiger partial charge in [0.15, 0.2) is 0 Å². The second-order valence-electron chi connectivity index (χ2n) is 10.5. The van der Waals surface area contributed by atoms with E-state index in [1.807, 2.05) is 19.9 Å².